The molecule has 1 unspecified atom stereocenters. The van der Waals surface area contributed by atoms with Crippen molar-refractivity contribution < 1.29 is 10.0 Å². The average Bonchev–Trinajstić information content (AvgIpc) is 2.71. The highest BCUT2D eigenvalue weighted by molar-refractivity contribution is 9.11. The molecule has 1 aromatic rings. The first-order valence-electron chi connectivity index (χ1n) is 4.46. The van der Waals surface area contributed by atoms with Gasteiger partial charge in [-0.05, 0) is 28.9 Å². The lowest BCUT2D eigenvalue weighted by atomic mass is 10.2. The number of hydrogen-bond acceptors (Lipinski definition) is 4. The van der Waals surface area contributed by atoms with Gasteiger partial charge in [-0.2, -0.15) is 0 Å². The standard InChI is InChI=1S/C9H12BrN3O2S/c1-5(8(11)12-15)13(2)9(14)6-3-7(10)16-4-6/h3-5,15H,1-2H3,(H2,11,12). The van der Waals surface area contributed by atoms with E-state index in [1.54, 1.807) is 25.4 Å². The lowest BCUT2D eigenvalue weighted by Crippen LogP contribution is -2.43. The van der Waals surface area contributed by atoms with Crippen molar-refractivity contribution in [3.63, 3.8) is 0 Å². The summed E-state index contributed by atoms with van der Waals surface area (Å²) in [6.07, 6.45) is 0. The summed E-state index contributed by atoms with van der Waals surface area (Å²) < 4.78 is 0.890. The summed E-state index contributed by atoms with van der Waals surface area (Å²) in [5.74, 6) is -0.161. The van der Waals surface area contributed by atoms with Crippen molar-refractivity contribution in [1.82, 2.24) is 4.90 Å². The number of carbonyl (C=O) groups excluding carboxylic acids is 1. The van der Waals surface area contributed by atoms with Crippen molar-refractivity contribution in [1.29, 1.82) is 0 Å². The normalized spacial score (nSPS) is 13.6. The summed E-state index contributed by atoms with van der Waals surface area (Å²) in [4.78, 5) is 13.4. The molecule has 7 heteroatoms. The van der Waals surface area contributed by atoms with E-state index in [9.17, 15) is 4.79 Å². The highest BCUT2D eigenvalue weighted by Gasteiger charge is 2.21. The van der Waals surface area contributed by atoms with Crippen LogP contribution in [-0.2, 0) is 0 Å². The molecule has 0 aromatic carbocycles. The van der Waals surface area contributed by atoms with Gasteiger partial charge in [-0.15, -0.1) is 11.3 Å². The van der Waals surface area contributed by atoms with Crippen LogP contribution in [0.25, 0.3) is 0 Å². The Labute approximate surface area is 106 Å². The van der Waals surface area contributed by atoms with Gasteiger partial charge in [-0.1, -0.05) is 5.16 Å². The topological polar surface area (TPSA) is 78.9 Å². The van der Waals surface area contributed by atoms with Crippen molar-refractivity contribution >= 4 is 39.0 Å². The van der Waals surface area contributed by atoms with E-state index >= 15 is 0 Å². The average molecular weight is 306 g/mol. The van der Waals surface area contributed by atoms with Gasteiger partial charge < -0.3 is 15.8 Å². The largest absolute Gasteiger partial charge is 0.409 e. The van der Waals surface area contributed by atoms with Crippen LogP contribution in [0, 0.1) is 0 Å². The zero-order chi connectivity index (χ0) is 12.3. The number of oxime groups is 1. The summed E-state index contributed by atoms with van der Waals surface area (Å²) in [6.45, 7) is 1.69. The number of amides is 1. The molecule has 88 valence electrons. The first-order valence-corrected chi connectivity index (χ1v) is 6.13. The molecular weight excluding hydrogens is 294 g/mol. The molecule has 1 heterocycles. The first kappa shape index (κ1) is 13.0. The molecule has 0 aliphatic rings. The summed E-state index contributed by atoms with van der Waals surface area (Å²) in [5, 5.41) is 13.2. The number of nitrogens with zero attached hydrogens (tertiary/aromatic N) is 2. The zero-order valence-electron chi connectivity index (χ0n) is 8.85. The molecule has 16 heavy (non-hydrogen) atoms. The van der Waals surface area contributed by atoms with Gasteiger partial charge in [0.1, 0.15) is 0 Å². The summed E-state index contributed by atoms with van der Waals surface area (Å²) in [6, 6.07) is 1.29. The van der Waals surface area contributed by atoms with Crippen molar-refractivity contribution in [2.24, 2.45) is 10.9 Å². The maximum Gasteiger partial charge on any atom is 0.255 e. The molecule has 0 fully saturated rings. The third-order valence-electron chi connectivity index (χ3n) is 2.26. The number of likely N-dealkylation sites (N-methyl/N-ethyl adjacent to an activating group) is 1. The van der Waals surface area contributed by atoms with E-state index in [1.165, 1.54) is 16.2 Å². The SMILES string of the molecule is CC(C(N)=NO)N(C)C(=O)c1csc(Br)c1. The number of hydrogen-bond donors (Lipinski definition) is 2. The van der Waals surface area contributed by atoms with Crippen LogP contribution in [0.2, 0.25) is 0 Å². The number of thiophene rings is 1. The predicted octanol–water partition coefficient (Wildman–Crippen LogP) is 1.72. The van der Waals surface area contributed by atoms with Gasteiger partial charge >= 0.3 is 0 Å². The van der Waals surface area contributed by atoms with Gasteiger partial charge in [0.15, 0.2) is 5.84 Å². The second-order valence-corrected chi connectivity index (χ2v) is 5.55. The molecule has 5 nitrogen and oxygen atoms in total. The fraction of sp³-hybridized carbons (Fsp3) is 0.333. The van der Waals surface area contributed by atoms with Crippen molar-refractivity contribution in [2.75, 3.05) is 7.05 Å². The van der Waals surface area contributed by atoms with Crippen LogP contribution in [0.15, 0.2) is 20.4 Å². The molecule has 1 atom stereocenters. The van der Waals surface area contributed by atoms with Crippen LogP contribution in [0.3, 0.4) is 0 Å². The van der Waals surface area contributed by atoms with Crippen LogP contribution in [-0.4, -0.2) is 34.9 Å². The number of carbonyl (C=O) groups is 1. The highest BCUT2D eigenvalue weighted by Crippen LogP contribution is 2.21. The van der Waals surface area contributed by atoms with Gasteiger partial charge in [0, 0.05) is 12.4 Å². The minimum absolute atomic E-state index is 0.00476. The zero-order valence-corrected chi connectivity index (χ0v) is 11.2. The van der Waals surface area contributed by atoms with Gasteiger partial charge in [0.2, 0.25) is 0 Å². The van der Waals surface area contributed by atoms with E-state index in [2.05, 4.69) is 21.1 Å². The number of amidine groups is 1. The molecule has 3 N–H and O–H groups in total. The van der Waals surface area contributed by atoms with Gasteiger partial charge in [0.05, 0.1) is 15.4 Å². The lowest BCUT2D eigenvalue weighted by molar-refractivity contribution is 0.0777. The minimum atomic E-state index is -0.448. The summed E-state index contributed by atoms with van der Waals surface area (Å²) >= 11 is 4.72. The first-order chi connectivity index (χ1) is 7.47. The van der Waals surface area contributed by atoms with Crippen LogP contribution in [0.5, 0.6) is 0 Å². The Kier molecular flexibility index (Phi) is 4.31. The predicted molar refractivity (Wildman–Crippen MR) is 67.0 cm³/mol. The molecule has 0 spiro atoms. The number of nitrogens with two attached hydrogens (primary N) is 1. The molecule has 0 aliphatic carbocycles. The van der Waals surface area contributed by atoms with Gasteiger partial charge in [-0.3, -0.25) is 4.79 Å². The fourth-order valence-electron chi connectivity index (χ4n) is 1.08. The summed E-state index contributed by atoms with van der Waals surface area (Å²) in [5.41, 5.74) is 6.02. The minimum Gasteiger partial charge on any atom is -0.409 e. The quantitative estimate of drug-likeness (QED) is 0.386. The van der Waals surface area contributed by atoms with Crippen molar-refractivity contribution in [2.45, 2.75) is 13.0 Å². The van der Waals surface area contributed by atoms with Crippen molar-refractivity contribution in [3.8, 4) is 0 Å². The molecule has 1 amide bonds. The number of rotatable bonds is 3. The fourth-order valence-corrected chi connectivity index (χ4v) is 2.21. The molecule has 0 saturated heterocycles. The second kappa shape index (κ2) is 5.31. The molecule has 1 rings (SSSR count). The number of halogens is 1. The maximum atomic E-state index is 11.9. The van der Waals surface area contributed by atoms with Crippen molar-refractivity contribution in [3.05, 3.63) is 20.8 Å². The van der Waals surface area contributed by atoms with Gasteiger partial charge in [-0.25, -0.2) is 0 Å². The van der Waals surface area contributed by atoms with E-state index in [1.807, 2.05) is 0 Å². The van der Waals surface area contributed by atoms with E-state index in [-0.39, 0.29) is 11.7 Å². The second-order valence-electron chi connectivity index (χ2n) is 3.26. The van der Waals surface area contributed by atoms with Crippen LogP contribution < -0.4 is 5.73 Å². The molecule has 0 saturated carbocycles. The van der Waals surface area contributed by atoms with Gasteiger partial charge in [0.25, 0.3) is 5.91 Å². The van der Waals surface area contributed by atoms with E-state index in [4.69, 9.17) is 10.9 Å². The Bertz CT molecular complexity index is 419. The smallest absolute Gasteiger partial charge is 0.255 e. The Hall–Kier alpha value is -1.08. The van der Waals surface area contributed by atoms with E-state index in [0.717, 1.165) is 3.79 Å². The third-order valence-corrected chi connectivity index (χ3v) is 3.76. The van der Waals surface area contributed by atoms with Crippen LogP contribution >= 0.6 is 27.3 Å². The van der Waals surface area contributed by atoms with E-state index in [0.29, 0.717) is 5.56 Å². The summed E-state index contributed by atoms with van der Waals surface area (Å²) in [7, 11) is 1.61. The molecule has 0 radical (unpaired) electrons. The Morgan fingerprint density at radius 3 is 2.81 bits per heavy atom. The molecule has 1 aromatic heterocycles. The Morgan fingerprint density at radius 1 is 1.75 bits per heavy atom. The van der Waals surface area contributed by atoms with Crippen LogP contribution in [0.1, 0.15) is 17.3 Å². The lowest BCUT2D eigenvalue weighted by Gasteiger charge is -2.23. The highest BCUT2D eigenvalue weighted by atomic mass is 79.9. The van der Waals surface area contributed by atoms with Crippen LogP contribution in [0.4, 0.5) is 0 Å². The van der Waals surface area contributed by atoms with E-state index < -0.39 is 6.04 Å². The third kappa shape index (κ3) is 2.73. The monoisotopic (exact) mass is 305 g/mol. The Balaban J connectivity index is 2.82. The Morgan fingerprint density at radius 2 is 2.38 bits per heavy atom. The maximum absolute atomic E-state index is 11.9. The molecular formula is C9H12BrN3O2S. The molecule has 0 bridgehead atoms. The molecule has 0 aliphatic heterocycles.